The average Bonchev–Trinajstić information content (AvgIpc) is 2.53. The van der Waals surface area contributed by atoms with Crippen LogP contribution in [-0.4, -0.2) is 17.6 Å². The molecule has 0 saturated carbocycles. The molecule has 4 nitrogen and oxygen atoms in total. The van der Waals surface area contributed by atoms with E-state index in [1.165, 1.54) is 0 Å². The van der Waals surface area contributed by atoms with Gasteiger partial charge in [0.1, 0.15) is 0 Å². The zero-order valence-corrected chi connectivity index (χ0v) is 9.95. The lowest BCUT2D eigenvalue weighted by Gasteiger charge is -2.18. The van der Waals surface area contributed by atoms with Crippen molar-refractivity contribution >= 4 is 5.91 Å². The van der Waals surface area contributed by atoms with Crippen molar-refractivity contribution in [2.24, 2.45) is 0 Å². The van der Waals surface area contributed by atoms with Crippen LogP contribution in [0.4, 0.5) is 0 Å². The molecule has 1 heterocycles. The first kappa shape index (κ1) is 11.6. The maximum absolute atomic E-state index is 11.7. The van der Waals surface area contributed by atoms with Crippen molar-refractivity contribution in [2.75, 3.05) is 0 Å². The average molecular weight is 229 g/mol. The third-order valence-corrected chi connectivity index (χ3v) is 2.81. The molecule has 0 spiro atoms. The van der Waals surface area contributed by atoms with Crippen LogP contribution in [0.2, 0.25) is 0 Å². The highest BCUT2D eigenvalue weighted by Crippen LogP contribution is 2.13. The Bertz CT molecular complexity index is 470. The molecule has 1 aromatic rings. The summed E-state index contributed by atoms with van der Waals surface area (Å²) in [4.78, 5) is 11.7. The molecular weight excluding hydrogens is 214 g/mol. The first-order valence-corrected chi connectivity index (χ1v) is 5.59. The molecule has 2 rings (SSSR count). The molecule has 1 saturated heterocycles. The second-order valence-electron chi connectivity index (χ2n) is 4.82. The lowest BCUT2D eigenvalue weighted by atomic mass is 10.0. The number of carbonyl (C=O) groups is 1. The molecule has 0 aliphatic carbocycles. The Hall–Kier alpha value is -1.86. The molecule has 1 fully saturated rings. The predicted octanol–water partition coefficient (Wildman–Crippen LogP) is 0.925. The zero-order chi connectivity index (χ0) is 12.5. The van der Waals surface area contributed by atoms with Gasteiger partial charge in [-0.05, 0) is 38.0 Å². The monoisotopic (exact) mass is 229 g/mol. The molecule has 88 valence electrons. The van der Waals surface area contributed by atoms with Gasteiger partial charge >= 0.3 is 0 Å². The van der Waals surface area contributed by atoms with Gasteiger partial charge in [-0.1, -0.05) is 12.1 Å². The van der Waals surface area contributed by atoms with Gasteiger partial charge in [-0.15, -0.1) is 0 Å². The number of benzene rings is 1. The number of nitrogens with one attached hydrogen (secondary N) is 2. The molecule has 17 heavy (non-hydrogen) atoms. The second-order valence-corrected chi connectivity index (χ2v) is 4.82. The lowest BCUT2D eigenvalue weighted by molar-refractivity contribution is -0.120. The van der Waals surface area contributed by atoms with Gasteiger partial charge in [0.15, 0.2) is 0 Å². The van der Waals surface area contributed by atoms with Crippen LogP contribution in [0.3, 0.4) is 0 Å². The minimum absolute atomic E-state index is 0.0272. The van der Waals surface area contributed by atoms with Gasteiger partial charge < -0.3 is 5.32 Å². The Labute approximate surface area is 101 Å². The van der Waals surface area contributed by atoms with Crippen LogP contribution in [0.25, 0.3) is 0 Å². The van der Waals surface area contributed by atoms with Crippen molar-refractivity contribution in [1.82, 2.24) is 10.6 Å². The van der Waals surface area contributed by atoms with Gasteiger partial charge in [0.25, 0.3) is 0 Å². The number of rotatable bonds is 2. The van der Waals surface area contributed by atoms with Crippen molar-refractivity contribution in [3.05, 3.63) is 35.4 Å². The maximum Gasteiger partial charge on any atom is 0.238 e. The predicted molar refractivity (Wildman–Crippen MR) is 64.0 cm³/mol. The molecule has 1 aromatic carbocycles. The Kier molecular flexibility index (Phi) is 2.86. The summed E-state index contributed by atoms with van der Waals surface area (Å²) in [6.07, 6.45) is 0.640. The molecule has 1 amide bonds. The van der Waals surface area contributed by atoms with E-state index < -0.39 is 0 Å². The van der Waals surface area contributed by atoms with Gasteiger partial charge in [-0.2, -0.15) is 5.26 Å². The van der Waals surface area contributed by atoms with Gasteiger partial charge in [-0.25, -0.2) is 0 Å². The quantitative estimate of drug-likeness (QED) is 0.792. The number of nitrogens with zero attached hydrogens (tertiary/aromatic N) is 1. The van der Waals surface area contributed by atoms with Crippen molar-refractivity contribution in [1.29, 1.82) is 5.26 Å². The van der Waals surface area contributed by atoms with E-state index in [0.717, 1.165) is 5.56 Å². The van der Waals surface area contributed by atoms with Crippen molar-refractivity contribution in [2.45, 2.75) is 32.0 Å². The fraction of sp³-hybridized carbons (Fsp3) is 0.385. The highest BCUT2D eigenvalue weighted by Gasteiger charge is 2.35. The second kappa shape index (κ2) is 4.19. The van der Waals surface area contributed by atoms with E-state index in [1.807, 2.05) is 26.0 Å². The SMILES string of the molecule is CC1(C)NC(=O)[C@H](Cc2ccc(C#N)cc2)N1. The Morgan fingerprint density at radius 2 is 2.00 bits per heavy atom. The normalized spacial score (nSPS) is 21.9. The van der Waals surface area contributed by atoms with E-state index in [1.54, 1.807) is 12.1 Å². The summed E-state index contributed by atoms with van der Waals surface area (Å²) in [5, 5.41) is 14.8. The summed E-state index contributed by atoms with van der Waals surface area (Å²) in [6.45, 7) is 3.87. The summed E-state index contributed by atoms with van der Waals surface area (Å²) < 4.78 is 0. The van der Waals surface area contributed by atoms with Gasteiger partial charge in [0, 0.05) is 0 Å². The maximum atomic E-state index is 11.7. The van der Waals surface area contributed by atoms with Crippen LogP contribution < -0.4 is 10.6 Å². The fourth-order valence-electron chi connectivity index (χ4n) is 2.03. The Morgan fingerprint density at radius 3 is 2.47 bits per heavy atom. The van der Waals surface area contributed by atoms with Crippen molar-refractivity contribution in [3.8, 4) is 6.07 Å². The highest BCUT2D eigenvalue weighted by atomic mass is 16.2. The summed E-state index contributed by atoms with van der Waals surface area (Å²) in [5.74, 6) is 0.0272. The van der Waals surface area contributed by atoms with Crippen LogP contribution in [0.15, 0.2) is 24.3 Å². The van der Waals surface area contributed by atoms with E-state index in [9.17, 15) is 4.79 Å². The largest absolute Gasteiger partial charge is 0.337 e. The van der Waals surface area contributed by atoms with Crippen LogP contribution in [0, 0.1) is 11.3 Å². The van der Waals surface area contributed by atoms with E-state index in [-0.39, 0.29) is 17.6 Å². The zero-order valence-electron chi connectivity index (χ0n) is 9.95. The molecule has 0 unspecified atom stereocenters. The molecule has 0 aromatic heterocycles. The van der Waals surface area contributed by atoms with Gasteiger partial charge in [0.2, 0.25) is 5.91 Å². The molecule has 1 atom stereocenters. The fourth-order valence-corrected chi connectivity index (χ4v) is 2.03. The molecule has 1 aliphatic heterocycles. The molecule has 1 aliphatic rings. The summed E-state index contributed by atoms with van der Waals surface area (Å²) in [6, 6.07) is 9.20. The van der Waals surface area contributed by atoms with Crippen LogP contribution in [0.5, 0.6) is 0 Å². The number of carbonyl (C=O) groups excluding carboxylic acids is 1. The van der Waals surface area contributed by atoms with E-state index in [2.05, 4.69) is 16.7 Å². The minimum Gasteiger partial charge on any atom is -0.337 e. The summed E-state index contributed by atoms with van der Waals surface area (Å²) in [7, 11) is 0. The molecule has 4 heteroatoms. The number of hydrogen-bond acceptors (Lipinski definition) is 3. The first-order valence-electron chi connectivity index (χ1n) is 5.59. The topological polar surface area (TPSA) is 64.9 Å². The highest BCUT2D eigenvalue weighted by molar-refractivity contribution is 5.85. The molecule has 0 bridgehead atoms. The number of hydrogen-bond donors (Lipinski definition) is 2. The van der Waals surface area contributed by atoms with Gasteiger partial charge in [0.05, 0.1) is 23.3 Å². The third-order valence-electron chi connectivity index (χ3n) is 2.81. The molecule has 0 radical (unpaired) electrons. The van der Waals surface area contributed by atoms with E-state index >= 15 is 0 Å². The van der Waals surface area contributed by atoms with Crippen molar-refractivity contribution < 1.29 is 4.79 Å². The first-order chi connectivity index (χ1) is 8.00. The van der Waals surface area contributed by atoms with E-state index in [4.69, 9.17) is 5.26 Å². The number of amides is 1. The Balaban J connectivity index is 2.06. The van der Waals surface area contributed by atoms with Crippen LogP contribution in [-0.2, 0) is 11.2 Å². The summed E-state index contributed by atoms with van der Waals surface area (Å²) >= 11 is 0. The third kappa shape index (κ3) is 2.63. The molecular formula is C13H15N3O. The minimum atomic E-state index is -0.339. The van der Waals surface area contributed by atoms with E-state index in [0.29, 0.717) is 12.0 Å². The Morgan fingerprint density at radius 1 is 1.35 bits per heavy atom. The van der Waals surface area contributed by atoms with Gasteiger partial charge in [-0.3, -0.25) is 10.1 Å². The summed E-state index contributed by atoms with van der Waals surface area (Å²) in [5.41, 5.74) is 1.35. The van der Waals surface area contributed by atoms with Crippen molar-refractivity contribution in [3.63, 3.8) is 0 Å². The van der Waals surface area contributed by atoms with Crippen LogP contribution >= 0.6 is 0 Å². The van der Waals surface area contributed by atoms with Crippen LogP contribution in [0.1, 0.15) is 25.0 Å². The lowest BCUT2D eigenvalue weighted by Crippen LogP contribution is -2.44. The number of nitriles is 1. The molecule has 2 N–H and O–H groups in total. The smallest absolute Gasteiger partial charge is 0.238 e. The standard InChI is InChI=1S/C13H15N3O/c1-13(2)15-11(12(17)16-13)7-9-3-5-10(8-14)6-4-9/h3-6,11,15H,7H2,1-2H3,(H,16,17)/t11-/m0/s1.